The number of carbonyl (C=O) groups is 1. The molecule has 1 aliphatic heterocycles. The first-order valence-corrected chi connectivity index (χ1v) is 10.1. The van der Waals surface area contributed by atoms with Gasteiger partial charge in [0.25, 0.3) is 0 Å². The monoisotopic (exact) mass is 403 g/mol. The van der Waals surface area contributed by atoms with Crippen LogP contribution in [0.25, 0.3) is 0 Å². The van der Waals surface area contributed by atoms with Crippen molar-refractivity contribution in [3.05, 3.63) is 44.9 Å². The lowest BCUT2D eigenvalue weighted by molar-refractivity contribution is -0.121. The summed E-state index contributed by atoms with van der Waals surface area (Å²) in [7, 11) is 0. The van der Waals surface area contributed by atoms with Crippen molar-refractivity contribution < 1.29 is 4.79 Å². The predicted octanol–water partition coefficient (Wildman–Crippen LogP) is 3.12. The Bertz CT molecular complexity index is 854. The fraction of sp³-hybridized carbons (Fsp3) is 0.421. The third-order valence-electron chi connectivity index (χ3n) is 4.74. The van der Waals surface area contributed by atoms with Gasteiger partial charge in [-0.1, -0.05) is 11.6 Å². The van der Waals surface area contributed by atoms with Gasteiger partial charge in [0.2, 0.25) is 5.91 Å². The number of amides is 1. The van der Waals surface area contributed by atoms with Gasteiger partial charge in [0.1, 0.15) is 6.07 Å². The van der Waals surface area contributed by atoms with E-state index in [1.54, 1.807) is 29.5 Å². The Labute approximate surface area is 168 Å². The number of aromatic nitrogens is 1. The molecule has 1 amide bonds. The SMILES string of the molecule is Cc1nc(CN2CCN(C(C)C(=O)Nc3ccc(C#N)c(Cl)c3)CC2)cs1. The third-order valence-corrected chi connectivity index (χ3v) is 5.88. The molecule has 0 spiro atoms. The molecule has 1 aliphatic rings. The average molecular weight is 404 g/mol. The Morgan fingerprint density at radius 2 is 2.15 bits per heavy atom. The Kier molecular flexibility index (Phi) is 6.45. The van der Waals surface area contributed by atoms with E-state index in [9.17, 15) is 4.79 Å². The van der Waals surface area contributed by atoms with Gasteiger partial charge < -0.3 is 5.32 Å². The molecule has 0 radical (unpaired) electrons. The zero-order chi connectivity index (χ0) is 19.4. The molecule has 1 unspecified atom stereocenters. The van der Waals surface area contributed by atoms with Gasteiger partial charge in [0.15, 0.2) is 0 Å². The van der Waals surface area contributed by atoms with Crippen LogP contribution in [0.2, 0.25) is 5.02 Å². The number of nitrogens with one attached hydrogen (secondary N) is 1. The van der Waals surface area contributed by atoms with Gasteiger partial charge in [-0.05, 0) is 32.0 Å². The summed E-state index contributed by atoms with van der Waals surface area (Å²) in [6.45, 7) is 8.31. The maximum Gasteiger partial charge on any atom is 0.241 e. The van der Waals surface area contributed by atoms with E-state index >= 15 is 0 Å². The summed E-state index contributed by atoms with van der Waals surface area (Å²) in [5.74, 6) is -0.0700. The van der Waals surface area contributed by atoms with Crippen LogP contribution in [0, 0.1) is 18.3 Å². The molecule has 0 aliphatic carbocycles. The number of thiazole rings is 1. The van der Waals surface area contributed by atoms with Crippen molar-refractivity contribution in [3.63, 3.8) is 0 Å². The molecule has 3 rings (SSSR count). The largest absolute Gasteiger partial charge is 0.325 e. The molecule has 27 heavy (non-hydrogen) atoms. The fourth-order valence-electron chi connectivity index (χ4n) is 3.11. The molecule has 8 heteroatoms. The van der Waals surface area contributed by atoms with Gasteiger partial charge in [-0.2, -0.15) is 5.26 Å². The lowest BCUT2D eigenvalue weighted by Gasteiger charge is -2.37. The molecule has 0 bridgehead atoms. The van der Waals surface area contributed by atoms with E-state index < -0.39 is 0 Å². The number of hydrogen-bond acceptors (Lipinski definition) is 6. The maximum atomic E-state index is 12.6. The van der Waals surface area contributed by atoms with Crippen molar-refractivity contribution in [3.8, 4) is 6.07 Å². The van der Waals surface area contributed by atoms with Crippen LogP contribution in [0.3, 0.4) is 0 Å². The van der Waals surface area contributed by atoms with Crippen LogP contribution in [0.15, 0.2) is 23.6 Å². The van der Waals surface area contributed by atoms with Gasteiger partial charge in [-0.25, -0.2) is 4.98 Å². The highest BCUT2D eigenvalue weighted by molar-refractivity contribution is 7.09. The van der Waals surface area contributed by atoms with E-state index in [4.69, 9.17) is 16.9 Å². The molecule has 0 saturated carbocycles. The van der Waals surface area contributed by atoms with Gasteiger partial charge in [0, 0.05) is 43.8 Å². The summed E-state index contributed by atoms with van der Waals surface area (Å²) in [6.07, 6.45) is 0. The van der Waals surface area contributed by atoms with E-state index in [0.717, 1.165) is 43.4 Å². The van der Waals surface area contributed by atoms with Crippen LogP contribution in [0.1, 0.15) is 23.2 Å². The summed E-state index contributed by atoms with van der Waals surface area (Å²) >= 11 is 7.71. The number of piperazine rings is 1. The molecule has 2 aromatic rings. The molecule has 142 valence electrons. The molecule has 1 aromatic heterocycles. The van der Waals surface area contributed by atoms with Gasteiger partial charge in [0.05, 0.1) is 27.3 Å². The lowest BCUT2D eigenvalue weighted by Crippen LogP contribution is -2.52. The van der Waals surface area contributed by atoms with Crippen LogP contribution in [0.5, 0.6) is 0 Å². The second-order valence-electron chi connectivity index (χ2n) is 6.64. The van der Waals surface area contributed by atoms with Crippen molar-refractivity contribution in [1.29, 1.82) is 5.26 Å². The van der Waals surface area contributed by atoms with Crippen LogP contribution in [-0.4, -0.2) is 52.9 Å². The predicted molar refractivity (Wildman–Crippen MR) is 108 cm³/mol. The molecule has 1 N–H and O–H groups in total. The summed E-state index contributed by atoms with van der Waals surface area (Å²) in [5, 5.41) is 15.4. The highest BCUT2D eigenvalue weighted by Crippen LogP contribution is 2.21. The number of hydrogen-bond donors (Lipinski definition) is 1. The van der Waals surface area contributed by atoms with Crippen molar-refractivity contribution >= 4 is 34.5 Å². The Balaban J connectivity index is 1.51. The zero-order valence-electron chi connectivity index (χ0n) is 15.4. The summed E-state index contributed by atoms with van der Waals surface area (Å²) < 4.78 is 0. The topological polar surface area (TPSA) is 72.3 Å². The lowest BCUT2D eigenvalue weighted by atomic mass is 10.2. The molecular formula is C19H22ClN5OS. The van der Waals surface area contributed by atoms with E-state index in [-0.39, 0.29) is 11.9 Å². The van der Waals surface area contributed by atoms with Crippen LogP contribution in [0.4, 0.5) is 5.69 Å². The first-order valence-electron chi connectivity index (χ1n) is 8.84. The molecule has 2 heterocycles. The fourth-order valence-corrected chi connectivity index (χ4v) is 3.94. The first kappa shape index (κ1) is 19.8. The van der Waals surface area contributed by atoms with Crippen molar-refractivity contribution in [2.24, 2.45) is 0 Å². The van der Waals surface area contributed by atoms with E-state index in [1.807, 2.05) is 19.9 Å². The second-order valence-corrected chi connectivity index (χ2v) is 8.11. The second kappa shape index (κ2) is 8.81. The molecule has 1 saturated heterocycles. The number of aryl methyl sites for hydroxylation is 1. The molecule has 1 atom stereocenters. The Hall–Kier alpha value is -1.98. The standard InChI is InChI=1S/C19H22ClN5OS/c1-13(19(26)23-16-4-3-15(10-21)18(20)9-16)25-7-5-24(6-8-25)11-17-12-27-14(2)22-17/h3-4,9,12-13H,5-8,11H2,1-2H3,(H,23,26). The summed E-state index contributed by atoms with van der Waals surface area (Å²) in [4.78, 5) is 21.6. The maximum absolute atomic E-state index is 12.6. The van der Waals surface area contributed by atoms with Gasteiger partial charge in [-0.3, -0.25) is 14.6 Å². The van der Waals surface area contributed by atoms with Crippen LogP contribution >= 0.6 is 22.9 Å². The number of benzene rings is 1. The number of nitriles is 1. The van der Waals surface area contributed by atoms with Crippen molar-refractivity contribution in [1.82, 2.24) is 14.8 Å². The molecular weight excluding hydrogens is 382 g/mol. The summed E-state index contributed by atoms with van der Waals surface area (Å²) in [6, 6.07) is 6.70. The number of nitrogens with zero attached hydrogens (tertiary/aromatic N) is 4. The minimum absolute atomic E-state index is 0.0700. The third kappa shape index (κ3) is 5.05. The Morgan fingerprint density at radius 1 is 1.41 bits per heavy atom. The highest BCUT2D eigenvalue weighted by Gasteiger charge is 2.26. The van der Waals surface area contributed by atoms with Crippen LogP contribution in [-0.2, 0) is 11.3 Å². The quantitative estimate of drug-likeness (QED) is 0.830. The average Bonchev–Trinajstić information content (AvgIpc) is 3.06. The number of rotatable bonds is 5. The summed E-state index contributed by atoms with van der Waals surface area (Å²) in [5.41, 5.74) is 2.12. The highest BCUT2D eigenvalue weighted by atomic mass is 35.5. The normalized spacial score (nSPS) is 16.7. The molecule has 1 aromatic carbocycles. The first-order chi connectivity index (χ1) is 13.0. The van der Waals surface area contributed by atoms with Crippen LogP contribution < -0.4 is 5.32 Å². The van der Waals surface area contributed by atoms with E-state index in [1.165, 1.54) is 0 Å². The zero-order valence-corrected chi connectivity index (χ0v) is 17.0. The number of anilines is 1. The molecule has 1 fully saturated rings. The van der Waals surface area contributed by atoms with Crippen molar-refractivity contribution in [2.45, 2.75) is 26.4 Å². The van der Waals surface area contributed by atoms with E-state index in [2.05, 4.69) is 25.5 Å². The number of carbonyl (C=O) groups excluding carboxylic acids is 1. The minimum Gasteiger partial charge on any atom is -0.325 e. The van der Waals surface area contributed by atoms with Gasteiger partial charge in [-0.15, -0.1) is 11.3 Å². The Morgan fingerprint density at radius 3 is 2.74 bits per heavy atom. The smallest absolute Gasteiger partial charge is 0.241 e. The minimum atomic E-state index is -0.233. The van der Waals surface area contributed by atoms with Gasteiger partial charge >= 0.3 is 0 Å². The molecule has 6 nitrogen and oxygen atoms in total. The van der Waals surface area contributed by atoms with Crippen molar-refractivity contribution in [2.75, 3.05) is 31.5 Å². The number of halogens is 1. The van der Waals surface area contributed by atoms with E-state index in [0.29, 0.717) is 16.3 Å².